The van der Waals surface area contributed by atoms with Gasteiger partial charge in [-0.1, -0.05) is 72.6 Å². The Balaban J connectivity index is 4.08. The van der Waals surface area contributed by atoms with Gasteiger partial charge in [0.2, 0.25) is 0 Å². The molecule has 0 saturated carbocycles. The monoisotopic (exact) mass is 272 g/mol. The Hall–Kier alpha value is 0.430. The van der Waals surface area contributed by atoms with Gasteiger partial charge in [-0.25, -0.2) is 0 Å². The highest BCUT2D eigenvalue weighted by Crippen LogP contribution is 2.42. The third-order valence-electron chi connectivity index (χ3n) is 4.84. The molecule has 18 heavy (non-hydrogen) atoms. The molecule has 2 atom stereocenters. The van der Waals surface area contributed by atoms with Gasteiger partial charge in [-0.3, -0.25) is 0 Å². The minimum absolute atomic E-state index is 0.603. The van der Waals surface area contributed by atoms with E-state index >= 15 is 0 Å². The standard InChI is InChI=1S/C17H37P/c1-5-9-11-12-13-14-16(18)17(7-3,8-4)15-10-6-2/h16H,5-15,18H2,1-4H3. The van der Waals surface area contributed by atoms with Crippen LogP contribution >= 0.6 is 9.24 Å². The Kier molecular flexibility index (Phi) is 11.5. The zero-order valence-electron chi connectivity index (χ0n) is 13.4. The van der Waals surface area contributed by atoms with E-state index in [0.29, 0.717) is 5.41 Å². The Labute approximate surface area is 119 Å². The van der Waals surface area contributed by atoms with E-state index in [4.69, 9.17) is 0 Å². The first-order valence-corrected chi connectivity index (χ1v) is 9.09. The average molecular weight is 272 g/mol. The van der Waals surface area contributed by atoms with E-state index in [1.165, 1.54) is 70.6 Å². The van der Waals surface area contributed by atoms with Gasteiger partial charge in [0.15, 0.2) is 0 Å². The van der Waals surface area contributed by atoms with E-state index in [1.807, 2.05) is 0 Å². The molecule has 0 saturated heterocycles. The molecule has 0 aromatic carbocycles. The third kappa shape index (κ3) is 6.55. The summed E-state index contributed by atoms with van der Waals surface area (Å²) in [4.78, 5) is 0. The van der Waals surface area contributed by atoms with E-state index in [9.17, 15) is 0 Å². The van der Waals surface area contributed by atoms with Crippen LogP contribution < -0.4 is 0 Å². The number of hydrogen-bond donors (Lipinski definition) is 0. The Morgan fingerprint density at radius 3 is 1.83 bits per heavy atom. The molecule has 0 N–H and O–H groups in total. The average Bonchev–Trinajstić information content (AvgIpc) is 2.40. The summed E-state index contributed by atoms with van der Waals surface area (Å²) in [6.07, 6.45) is 15.4. The van der Waals surface area contributed by atoms with Gasteiger partial charge in [-0.2, -0.15) is 0 Å². The van der Waals surface area contributed by atoms with Crippen molar-refractivity contribution < 1.29 is 0 Å². The van der Waals surface area contributed by atoms with E-state index in [2.05, 4.69) is 36.9 Å². The Bertz CT molecular complexity index is 172. The minimum atomic E-state index is 0.603. The van der Waals surface area contributed by atoms with Crippen LogP contribution in [0.5, 0.6) is 0 Å². The van der Waals surface area contributed by atoms with Gasteiger partial charge in [0.05, 0.1) is 0 Å². The molecule has 0 aromatic heterocycles. The van der Waals surface area contributed by atoms with Crippen molar-refractivity contribution in [2.24, 2.45) is 5.41 Å². The summed E-state index contributed by atoms with van der Waals surface area (Å²) < 4.78 is 0. The molecule has 0 heterocycles. The maximum atomic E-state index is 3.19. The van der Waals surface area contributed by atoms with E-state index in [1.54, 1.807) is 0 Å². The van der Waals surface area contributed by atoms with Crippen molar-refractivity contribution in [3.63, 3.8) is 0 Å². The predicted molar refractivity (Wildman–Crippen MR) is 89.4 cm³/mol. The van der Waals surface area contributed by atoms with Crippen LogP contribution in [0.3, 0.4) is 0 Å². The molecule has 0 nitrogen and oxygen atoms in total. The molecule has 110 valence electrons. The van der Waals surface area contributed by atoms with E-state index in [-0.39, 0.29) is 0 Å². The lowest BCUT2D eigenvalue weighted by Crippen LogP contribution is -2.30. The lowest BCUT2D eigenvalue weighted by atomic mass is 9.73. The summed E-state index contributed by atoms with van der Waals surface area (Å²) >= 11 is 0. The van der Waals surface area contributed by atoms with Crippen LogP contribution in [-0.4, -0.2) is 5.66 Å². The van der Waals surface area contributed by atoms with Crippen molar-refractivity contribution in [3.05, 3.63) is 0 Å². The molecular formula is C17H37P. The zero-order valence-corrected chi connectivity index (χ0v) is 14.6. The lowest BCUT2D eigenvalue weighted by Gasteiger charge is -2.38. The SMILES string of the molecule is CCCCCCCC(P)C(CC)(CC)CCCC. The van der Waals surface area contributed by atoms with Crippen LogP contribution in [0.4, 0.5) is 0 Å². The van der Waals surface area contributed by atoms with Crippen molar-refractivity contribution in [1.29, 1.82) is 0 Å². The number of hydrogen-bond acceptors (Lipinski definition) is 0. The van der Waals surface area contributed by atoms with Gasteiger partial charge in [0.25, 0.3) is 0 Å². The smallest absolute Gasteiger partial charge is 0.0208 e. The zero-order chi connectivity index (χ0) is 13.9. The van der Waals surface area contributed by atoms with E-state index < -0.39 is 0 Å². The molecule has 0 aromatic rings. The summed E-state index contributed by atoms with van der Waals surface area (Å²) in [5, 5.41) is 0. The topological polar surface area (TPSA) is 0 Å². The van der Waals surface area contributed by atoms with Gasteiger partial charge in [-0.05, 0) is 36.8 Å². The highest BCUT2D eigenvalue weighted by Gasteiger charge is 2.31. The Morgan fingerprint density at radius 2 is 1.33 bits per heavy atom. The quantitative estimate of drug-likeness (QED) is 0.278. The molecule has 0 radical (unpaired) electrons. The molecule has 1 heteroatoms. The van der Waals surface area contributed by atoms with E-state index in [0.717, 1.165) is 5.66 Å². The summed E-state index contributed by atoms with van der Waals surface area (Å²) in [5.74, 6) is 0. The van der Waals surface area contributed by atoms with Crippen LogP contribution in [-0.2, 0) is 0 Å². The van der Waals surface area contributed by atoms with Gasteiger partial charge < -0.3 is 0 Å². The molecule has 0 amide bonds. The summed E-state index contributed by atoms with van der Waals surface area (Å²) in [6.45, 7) is 9.40. The fourth-order valence-corrected chi connectivity index (χ4v) is 3.99. The summed E-state index contributed by atoms with van der Waals surface area (Å²) in [5.41, 5.74) is 1.44. The van der Waals surface area contributed by atoms with Gasteiger partial charge in [-0.15, -0.1) is 9.24 Å². The van der Waals surface area contributed by atoms with Crippen molar-refractivity contribution in [2.45, 2.75) is 104 Å². The second kappa shape index (κ2) is 11.3. The predicted octanol–water partition coefficient (Wildman–Crippen LogP) is 6.59. The van der Waals surface area contributed by atoms with Crippen LogP contribution in [0.25, 0.3) is 0 Å². The molecule has 0 aliphatic rings. The fourth-order valence-electron chi connectivity index (χ4n) is 3.12. The molecule has 0 aliphatic heterocycles. The molecule has 0 fully saturated rings. The first kappa shape index (κ1) is 18.4. The largest absolute Gasteiger partial charge is 0.134 e. The van der Waals surface area contributed by atoms with Crippen molar-refractivity contribution >= 4 is 9.24 Å². The first-order chi connectivity index (χ1) is 8.66. The first-order valence-electron chi connectivity index (χ1n) is 8.42. The van der Waals surface area contributed by atoms with Crippen LogP contribution in [0.1, 0.15) is 98.3 Å². The van der Waals surface area contributed by atoms with Gasteiger partial charge in [0.1, 0.15) is 0 Å². The van der Waals surface area contributed by atoms with Crippen LogP contribution in [0.15, 0.2) is 0 Å². The molecule has 2 unspecified atom stereocenters. The highest BCUT2D eigenvalue weighted by atomic mass is 31.0. The minimum Gasteiger partial charge on any atom is -0.134 e. The molecule has 0 bridgehead atoms. The maximum absolute atomic E-state index is 3.19. The number of rotatable bonds is 12. The maximum Gasteiger partial charge on any atom is -0.0208 e. The van der Waals surface area contributed by atoms with Crippen LogP contribution in [0.2, 0.25) is 0 Å². The second-order valence-corrected chi connectivity index (χ2v) is 6.79. The molecule has 0 spiro atoms. The second-order valence-electron chi connectivity index (χ2n) is 5.98. The molecular weight excluding hydrogens is 235 g/mol. The van der Waals surface area contributed by atoms with Crippen LogP contribution in [0, 0.1) is 5.41 Å². The summed E-state index contributed by atoms with van der Waals surface area (Å²) in [7, 11) is 3.19. The van der Waals surface area contributed by atoms with Crippen molar-refractivity contribution in [3.8, 4) is 0 Å². The van der Waals surface area contributed by atoms with Crippen molar-refractivity contribution in [1.82, 2.24) is 0 Å². The molecule has 0 rings (SSSR count). The Morgan fingerprint density at radius 1 is 0.778 bits per heavy atom. The lowest BCUT2D eigenvalue weighted by molar-refractivity contribution is 0.213. The molecule has 0 aliphatic carbocycles. The number of unbranched alkanes of at least 4 members (excludes halogenated alkanes) is 5. The van der Waals surface area contributed by atoms with Crippen molar-refractivity contribution in [2.75, 3.05) is 0 Å². The third-order valence-corrected chi connectivity index (χ3v) is 5.88. The normalized spacial score (nSPS) is 13.8. The highest BCUT2D eigenvalue weighted by molar-refractivity contribution is 7.17. The van der Waals surface area contributed by atoms with Gasteiger partial charge in [0, 0.05) is 0 Å². The fraction of sp³-hybridized carbons (Fsp3) is 1.00. The van der Waals surface area contributed by atoms with Gasteiger partial charge >= 0.3 is 0 Å². The summed E-state index contributed by atoms with van der Waals surface area (Å²) in [6, 6.07) is 0.